The van der Waals surface area contributed by atoms with E-state index in [0.717, 1.165) is 45.9 Å². The molecule has 4 saturated heterocycles. The Hall–Kier alpha value is -0.240. The second-order valence-electron chi connectivity index (χ2n) is 6.97. The SMILES string of the molecule is C1CC2(CCN1)CNC(N1CNC3(CCNCC3)C1)[N]2. The fourth-order valence-electron chi connectivity index (χ4n) is 4.22. The standard InChI is InChI=1S/C14H27N6/c1-5-15-6-2-13(1)9-17-12(19-13)20-10-14(18-11-20)3-7-16-8-4-14/h12,15-18H,1-11H2. The van der Waals surface area contributed by atoms with Crippen LogP contribution in [0.3, 0.4) is 0 Å². The van der Waals surface area contributed by atoms with Gasteiger partial charge in [-0.2, -0.15) is 0 Å². The van der Waals surface area contributed by atoms with Gasteiger partial charge >= 0.3 is 0 Å². The number of rotatable bonds is 1. The van der Waals surface area contributed by atoms with Gasteiger partial charge in [0.25, 0.3) is 0 Å². The average molecular weight is 279 g/mol. The van der Waals surface area contributed by atoms with Crippen molar-refractivity contribution in [2.45, 2.75) is 43.1 Å². The molecule has 4 fully saturated rings. The van der Waals surface area contributed by atoms with E-state index in [1.807, 2.05) is 0 Å². The molecule has 4 heterocycles. The van der Waals surface area contributed by atoms with Crippen molar-refractivity contribution in [2.75, 3.05) is 45.9 Å². The smallest absolute Gasteiger partial charge is 0.131 e. The zero-order valence-electron chi connectivity index (χ0n) is 12.2. The number of nitrogens with one attached hydrogen (secondary N) is 4. The van der Waals surface area contributed by atoms with Crippen LogP contribution in [-0.4, -0.2) is 68.2 Å². The van der Waals surface area contributed by atoms with Gasteiger partial charge in [-0.15, -0.1) is 0 Å². The molecular weight excluding hydrogens is 252 g/mol. The van der Waals surface area contributed by atoms with E-state index < -0.39 is 0 Å². The zero-order valence-corrected chi connectivity index (χ0v) is 12.2. The molecule has 1 atom stereocenters. The summed E-state index contributed by atoms with van der Waals surface area (Å²) in [5.74, 6) is 0. The molecule has 2 spiro atoms. The summed E-state index contributed by atoms with van der Waals surface area (Å²) >= 11 is 0. The monoisotopic (exact) mass is 279 g/mol. The summed E-state index contributed by atoms with van der Waals surface area (Å²) in [4.78, 5) is 2.50. The van der Waals surface area contributed by atoms with Crippen molar-refractivity contribution in [2.24, 2.45) is 0 Å². The van der Waals surface area contributed by atoms with Crippen LogP contribution in [0.2, 0.25) is 0 Å². The number of hydrogen-bond donors (Lipinski definition) is 4. The zero-order chi connectivity index (χ0) is 13.5. The van der Waals surface area contributed by atoms with Crippen molar-refractivity contribution in [1.29, 1.82) is 0 Å². The van der Waals surface area contributed by atoms with Crippen molar-refractivity contribution in [3.63, 3.8) is 0 Å². The van der Waals surface area contributed by atoms with E-state index in [1.165, 1.54) is 25.7 Å². The Labute approximate surface area is 121 Å². The first-order valence-corrected chi connectivity index (χ1v) is 8.15. The van der Waals surface area contributed by atoms with Gasteiger partial charge in [-0.05, 0) is 51.9 Å². The summed E-state index contributed by atoms with van der Waals surface area (Å²) in [5, 5.41) is 19.5. The Kier molecular flexibility index (Phi) is 3.48. The summed E-state index contributed by atoms with van der Waals surface area (Å²) < 4.78 is 0. The number of nitrogens with zero attached hydrogens (tertiary/aromatic N) is 2. The molecule has 0 saturated carbocycles. The van der Waals surface area contributed by atoms with Gasteiger partial charge in [0, 0.05) is 18.6 Å². The van der Waals surface area contributed by atoms with Crippen LogP contribution in [0.1, 0.15) is 25.7 Å². The third-order valence-electron chi connectivity index (χ3n) is 5.61. The van der Waals surface area contributed by atoms with Gasteiger partial charge in [0.05, 0.1) is 12.2 Å². The van der Waals surface area contributed by atoms with E-state index in [4.69, 9.17) is 5.32 Å². The van der Waals surface area contributed by atoms with Gasteiger partial charge in [0.15, 0.2) is 0 Å². The van der Waals surface area contributed by atoms with Gasteiger partial charge in [-0.25, -0.2) is 5.32 Å². The Morgan fingerprint density at radius 3 is 2.40 bits per heavy atom. The van der Waals surface area contributed by atoms with Crippen molar-refractivity contribution in [3.8, 4) is 0 Å². The molecule has 0 aromatic heterocycles. The summed E-state index contributed by atoms with van der Waals surface area (Å²) in [6.07, 6.45) is 5.09. The molecule has 1 unspecified atom stereocenters. The normalized spacial score (nSPS) is 36.9. The molecule has 113 valence electrons. The summed E-state index contributed by atoms with van der Waals surface area (Å²) in [7, 11) is 0. The maximum atomic E-state index is 5.16. The predicted octanol–water partition coefficient (Wildman–Crippen LogP) is -1.42. The lowest BCUT2D eigenvalue weighted by molar-refractivity contribution is 0.155. The van der Waals surface area contributed by atoms with Crippen molar-refractivity contribution < 1.29 is 0 Å². The van der Waals surface area contributed by atoms with Crippen LogP contribution in [0.5, 0.6) is 0 Å². The highest BCUT2D eigenvalue weighted by atomic mass is 15.5. The third kappa shape index (κ3) is 2.38. The molecule has 20 heavy (non-hydrogen) atoms. The van der Waals surface area contributed by atoms with Gasteiger partial charge in [0.1, 0.15) is 6.29 Å². The Morgan fingerprint density at radius 1 is 0.950 bits per heavy atom. The predicted molar refractivity (Wildman–Crippen MR) is 78.3 cm³/mol. The van der Waals surface area contributed by atoms with Crippen LogP contribution >= 0.6 is 0 Å². The molecule has 4 N–H and O–H groups in total. The molecule has 6 nitrogen and oxygen atoms in total. The fraction of sp³-hybridized carbons (Fsp3) is 1.00. The Balaban J connectivity index is 1.37. The molecule has 0 bridgehead atoms. The minimum absolute atomic E-state index is 0.208. The van der Waals surface area contributed by atoms with E-state index >= 15 is 0 Å². The highest BCUT2D eigenvalue weighted by Gasteiger charge is 2.47. The second-order valence-corrected chi connectivity index (χ2v) is 6.97. The first-order chi connectivity index (χ1) is 9.79. The van der Waals surface area contributed by atoms with Crippen molar-refractivity contribution >= 4 is 0 Å². The second kappa shape index (κ2) is 5.19. The summed E-state index contributed by atoms with van der Waals surface area (Å²) in [6.45, 7) is 7.71. The molecule has 4 rings (SSSR count). The first-order valence-electron chi connectivity index (χ1n) is 8.15. The lowest BCUT2D eigenvalue weighted by atomic mass is 9.89. The molecule has 1 radical (unpaired) electrons. The van der Waals surface area contributed by atoms with E-state index in [-0.39, 0.29) is 11.8 Å². The van der Waals surface area contributed by atoms with Crippen LogP contribution in [-0.2, 0) is 0 Å². The minimum Gasteiger partial charge on any atom is -0.317 e. The maximum absolute atomic E-state index is 5.16. The number of hydrogen-bond acceptors (Lipinski definition) is 5. The molecule has 0 amide bonds. The number of piperidine rings is 2. The fourth-order valence-corrected chi connectivity index (χ4v) is 4.22. The van der Waals surface area contributed by atoms with Gasteiger partial charge < -0.3 is 10.6 Å². The average Bonchev–Trinajstić information content (AvgIpc) is 3.07. The van der Waals surface area contributed by atoms with Crippen LogP contribution in [0.15, 0.2) is 0 Å². The van der Waals surface area contributed by atoms with E-state index in [9.17, 15) is 0 Å². The van der Waals surface area contributed by atoms with Crippen LogP contribution in [0.25, 0.3) is 0 Å². The van der Waals surface area contributed by atoms with Crippen LogP contribution in [0.4, 0.5) is 0 Å². The highest BCUT2D eigenvalue weighted by molar-refractivity contribution is 5.04. The van der Waals surface area contributed by atoms with Gasteiger partial charge in [0.2, 0.25) is 0 Å². The summed E-state index contributed by atoms with van der Waals surface area (Å²) in [6, 6.07) is 0. The van der Waals surface area contributed by atoms with Crippen LogP contribution in [0, 0.1) is 0 Å². The summed E-state index contributed by atoms with van der Waals surface area (Å²) in [5.41, 5.74) is 0.548. The molecule has 4 aliphatic heterocycles. The molecule has 4 aliphatic rings. The molecular formula is C14H27N6. The lowest BCUT2D eigenvalue weighted by Gasteiger charge is -2.35. The van der Waals surface area contributed by atoms with E-state index in [2.05, 4.69) is 26.2 Å². The van der Waals surface area contributed by atoms with Gasteiger partial charge in [-0.1, -0.05) is 0 Å². The van der Waals surface area contributed by atoms with Crippen LogP contribution < -0.4 is 26.6 Å². The first kappa shape index (κ1) is 13.4. The largest absolute Gasteiger partial charge is 0.317 e. The van der Waals surface area contributed by atoms with E-state index in [1.54, 1.807) is 0 Å². The van der Waals surface area contributed by atoms with E-state index in [0.29, 0.717) is 5.54 Å². The third-order valence-corrected chi connectivity index (χ3v) is 5.61. The quantitative estimate of drug-likeness (QED) is 0.475. The molecule has 0 aliphatic carbocycles. The minimum atomic E-state index is 0.208. The highest BCUT2D eigenvalue weighted by Crippen LogP contribution is 2.29. The maximum Gasteiger partial charge on any atom is 0.131 e. The Morgan fingerprint density at radius 2 is 1.65 bits per heavy atom. The Bertz CT molecular complexity index is 314. The topological polar surface area (TPSA) is 65.5 Å². The molecule has 6 heteroatoms. The van der Waals surface area contributed by atoms with Gasteiger partial charge in [-0.3, -0.25) is 15.5 Å². The molecule has 0 aromatic carbocycles. The van der Waals surface area contributed by atoms with Crippen molar-refractivity contribution in [1.82, 2.24) is 31.5 Å². The molecule has 0 aromatic rings. The lowest BCUT2D eigenvalue weighted by Crippen LogP contribution is -2.53. The van der Waals surface area contributed by atoms with Crippen molar-refractivity contribution in [3.05, 3.63) is 0 Å².